The second-order valence-electron chi connectivity index (χ2n) is 2.38. The molecule has 13 heavy (non-hydrogen) atoms. The molecule has 0 unspecified atom stereocenters. The summed E-state index contributed by atoms with van der Waals surface area (Å²) in [6.07, 6.45) is 2.10. The minimum Gasteiger partial charge on any atom is -0.366 e. The summed E-state index contributed by atoms with van der Waals surface area (Å²) in [4.78, 5) is 10.3. The van der Waals surface area contributed by atoms with Crippen molar-refractivity contribution in [1.29, 1.82) is 0 Å². The van der Waals surface area contributed by atoms with Gasteiger partial charge >= 0.3 is 0 Å². The van der Waals surface area contributed by atoms with Crippen molar-refractivity contribution in [2.75, 3.05) is 0 Å². The first-order valence-corrected chi connectivity index (χ1v) is 3.53. The third-order valence-corrected chi connectivity index (χ3v) is 1.41. The van der Waals surface area contributed by atoms with E-state index in [0.717, 1.165) is 18.2 Å². The highest BCUT2D eigenvalue weighted by Gasteiger charge is 2.03. The number of halogens is 2. The molecular formula is C9H7F2NO. The Kier molecular flexibility index (Phi) is 2.74. The minimum atomic E-state index is -0.986. The van der Waals surface area contributed by atoms with E-state index in [-0.39, 0.29) is 5.56 Å². The Morgan fingerprint density at radius 3 is 2.69 bits per heavy atom. The molecule has 1 rings (SSSR count). The minimum absolute atomic E-state index is 0.00111. The second kappa shape index (κ2) is 3.80. The van der Waals surface area contributed by atoms with Gasteiger partial charge in [0.05, 0.1) is 0 Å². The number of hydrogen-bond donors (Lipinski definition) is 1. The Bertz CT molecular complexity index is 361. The van der Waals surface area contributed by atoms with Crippen molar-refractivity contribution in [2.24, 2.45) is 5.73 Å². The van der Waals surface area contributed by atoms with E-state index >= 15 is 0 Å². The quantitative estimate of drug-likeness (QED) is 0.693. The average molecular weight is 183 g/mol. The van der Waals surface area contributed by atoms with Crippen LogP contribution in [0.25, 0.3) is 6.08 Å². The zero-order chi connectivity index (χ0) is 9.84. The van der Waals surface area contributed by atoms with Crippen LogP contribution >= 0.6 is 0 Å². The highest BCUT2D eigenvalue weighted by molar-refractivity contribution is 5.90. The van der Waals surface area contributed by atoms with Gasteiger partial charge in [0.15, 0.2) is 11.6 Å². The smallest absolute Gasteiger partial charge is 0.241 e. The molecule has 2 N–H and O–H groups in total. The van der Waals surface area contributed by atoms with Gasteiger partial charge in [0.2, 0.25) is 5.91 Å². The molecule has 0 heterocycles. The molecule has 2 nitrogen and oxygen atoms in total. The highest BCUT2D eigenvalue weighted by Crippen LogP contribution is 2.12. The molecule has 0 radical (unpaired) electrons. The predicted octanol–water partition coefficient (Wildman–Crippen LogP) is 1.46. The van der Waals surface area contributed by atoms with Crippen molar-refractivity contribution in [3.05, 3.63) is 41.5 Å². The Balaban J connectivity index is 3.02. The molecule has 4 heteroatoms. The summed E-state index contributed by atoms with van der Waals surface area (Å²) >= 11 is 0. The van der Waals surface area contributed by atoms with E-state index in [2.05, 4.69) is 0 Å². The van der Waals surface area contributed by atoms with Crippen LogP contribution in [0.3, 0.4) is 0 Å². The molecule has 0 spiro atoms. The number of nitrogens with two attached hydrogens (primary N) is 1. The van der Waals surface area contributed by atoms with E-state index in [1.807, 2.05) is 0 Å². The summed E-state index contributed by atoms with van der Waals surface area (Å²) < 4.78 is 25.5. The molecule has 1 aromatic carbocycles. The maximum atomic E-state index is 12.9. The molecular weight excluding hydrogens is 176 g/mol. The summed E-state index contributed by atoms with van der Waals surface area (Å²) in [5.41, 5.74) is 4.79. The first-order valence-electron chi connectivity index (χ1n) is 3.53. The van der Waals surface area contributed by atoms with Crippen LogP contribution in [0.5, 0.6) is 0 Å². The zero-order valence-corrected chi connectivity index (χ0v) is 6.63. The maximum Gasteiger partial charge on any atom is 0.241 e. The Morgan fingerprint density at radius 1 is 1.38 bits per heavy atom. The first kappa shape index (κ1) is 9.38. The van der Waals surface area contributed by atoms with E-state index in [4.69, 9.17) is 5.73 Å². The molecule has 68 valence electrons. The molecule has 0 atom stereocenters. The van der Waals surface area contributed by atoms with Gasteiger partial charge in [-0.1, -0.05) is 12.1 Å². The summed E-state index contributed by atoms with van der Waals surface area (Å²) in [5, 5.41) is 0. The molecule has 0 aliphatic heterocycles. The predicted molar refractivity (Wildman–Crippen MR) is 44.6 cm³/mol. The van der Waals surface area contributed by atoms with Crippen LogP contribution in [-0.2, 0) is 4.79 Å². The van der Waals surface area contributed by atoms with Gasteiger partial charge in [0.1, 0.15) is 0 Å². The highest BCUT2D eigenvalue weighted by atomic mass is 19.2. The molecule has 0 aromatic heterocycles. The van der Waals surface area contributed by atoms with E-state index in [0.29, 0.717) is 0 Å². The number of rotatable bonds is 2. The van der Waals surface area contributed by atoms with Crippen molar-refractivity contribution in [2.45, 2.75) is 0 Å². The van der Waals surface area contributed by atoms with Crippen molar-refractivity contribution < 1.29 is 13.6 Å². The van der Waals surface area contributed by atoms with Gasteiger partial charge < -0.3 is 5.73 Å². The monoisotopic (exact) mass is 183 g/mol. The molecule has 0 aliphatic carbocycles. The fourth-order valence-electron chi connectivity index (χ4n) is 0.821. The standard InChI is InChI=1S/C9H7F2NO/c10-7-3-1-2-6(9(7)11)4-5-8(12)13/h1-5H,(H2,12,13). The SMILES string of the molecule is NC(=O)C=Cc1cccc(F)c1F. The third-order valence-electron chi connectivity index (χ3n) is 1.41. The van der Waals surface area contributed by atoms with Gasteiger partial charge in [0, 0.05) is 11.6 Å². The van der Waals surface area contributed by atoms with Gasteiger partial charge in [-0.2, -0.15) is 0 Å². The number of hydrogen-bond acceptors (Lipinski definition) is 1. The lowest BCUT2D eigenvalue weighted by atomic mass is 10.2. The second-order valence-corrected chi connectivity index (χ2v) is 2.38. The Morgan fingerprint density at radius 2 is 2.08 bits per heavy atom. The lowest BCUT2D eigenvalue weighted by Gasteiger charge is -1.96. The third kappa shape index (κ3) is 2.37. The van der Waals surface area contributed by atoms with Gasteiger partial charge in [-0.05, 0) is 12.1 Å². The number of carbonyl (C=O) groups is 1. The number of primary amides is 1. The van der Waals surface area contributed by atoms with Crippen LogP contribution in [-0.4, -0.2) is 5.91 Å². The molecule has 0 saturated heterocycles. The molecule has 0 saturated carbocycles. The van der Waals surface area contributed by atoms with Crippen LogP contribution in [0.15, 0.2) is 24.3 Å². The summed E-state index contributed by atoms with van der Waals surface area (Å²) in [6.45, 7) is 0. The van der Waals surface area contributed by atoms with Crippen LogP contribution in [0.4, 0.5) is 8.78 Å². The molecule has 1 aromatic rings. The molecule has 0 aliphatic rings. The van der Waals surface area contributed by atoms with E-state index < -0.39 is 17.5 Å². The van der Waals surface area contributed by atoms with Crippen LogP contribution in [0, 0.1) is 11.6 Å². The fourth-order valence-corrected chi connectivity index (χ4v) is 0.821. The van der Waals surface area contributed by atoms with Gasteiger partial charge in [-0.15, -0.1) is 0 Å². The van der Waals surface area contributed by atoms with Gasteiger partial charge in [-0.25, -0.2) is 8.78 Å². The Labute approximate surface area is 73.7 Å². The van der Waals surface area contributed by atoms with E-state index in [1.165, 1.54) is 12.1 Å². The topological polar surface area (TPSA) is 43.1 Å². The molecule has 0 fully saturated rings. The average Bonchev–Trinajstić information content (AvgIpc) is 2.07. The first-order chi connectivity index (χ1) is 6.11. The van der Waals surface area contributed by atoms with Crippen molar-refractivity contribution in [3.63, 3.8) is 0 Å². The summed E-state index contributed by atoms with van der Waals surface area (Å²) in [7, 11) is 0. The lowest BCUT2D eigenvalue weighted by molar-refractivity contribution is -0.113. The van der Waals surface area contributed by atoms with E-state index in [9.17, 15) is 13.6 Å². The largest absolute Gasteiger partial charge is 0.366 e. The summed E-state index contributed by atoms with van der Waals surface area (Å²) in [6, 6.07) is 3.69. The molecule has 1 amide bonds. The zero-order valence-electron chi connectivity index (χ0n) is 6.63. The van der Waals surface area contributed by atoms with Gasteiger partial charge in [0.25, 0.3) is 0 Å². The number of benzene rings is 1. The van der Waals surface area contributed by atoms with Crippen LogP contribution < -0.4 is 5.73 Å². The summed E-state index contributed by atoms with van der Waals surface area (Å²) in [5.74, 6) is -2.64. The number of carbonyl (C=O) groups excluding carboxylic acids is 1. The van der Waals surface area contributed by atoms with Crippen molar-refractivity contribution >= 4 is 12.0 Å². The lowest BCUT2D eigenvalue weighted by Crippen LogP contribution is -2.05. The molecule has 0 bridgehead atoms. The maximum absolute atomic E-state index is 12.9. The Hall–Kier alpha value is -1.71. The van der Waals surface area contributed by atoms with Crippen molar-refractivity contribution in [1.82, 2.24) is 0 Å². The van der Waals surface area contributed by atoms with E-state index in [1.54, 1.807) is 0 Å². The van der Waals surface area contributed by atoms with Crippen LogP contribution in [0.1, 0.15) is 5.56 Å². The van der Waals surface area contributed by atoms with Crippen LogP contribution in [0.2, 0.25) is 0 Å². The fraction of sp³-hybridized carbons (Fsp3) is 0. The van der Waals surface area contributed by atoms with Gasteiger partial charge in [-0.3, -0.25) is 4.79 Å². The number of amides is 1. The van der Waals surface area contributed by atoms with Crippen molar-refractivity contribution in [3.8, 4) is 0 Å². The normalized spacial score (nSPS) is 10.6.